The molecule has 2 bridgehead atoms. The lowest BCUT2D eigenvalue weighted by molar-refractivity contribution is -0.539. The van der Waals surface area contributed by atoms with E-state index < -0.39 is 83.3 Å². The standard InChI is InChI=1S/C22H16F10O8/c1-5-11(33)37-15-9-17(24,39-13(35)7-3)22(31,32)18(20(15,27)28,40-14(36)8-4)21(29,30)16(10-23,19(15,25)26)38-12(34)6-2/h5-8H,1-4,9-10H2. The molecule has 0 aromatic carbocycles. The molecule has 0 spiro atoms. The van der Waals surface area contributed by atoms with Crippen molar-refractivity contribution in [2.75, 3.05) is 6.67 Å². The van der Waals surface area contributed by atoms with E-state index in [1.54, 1.807) is 0 Å². The van der Waals surface area contributed by atoms with Crippen molar-refractivity contribution in [1.29, 1.82) is 0 Å². The van der Waals surface area contributed by atoms with Crippen LogP contribution in [0.4, 0.5) is 43.9 Å². The van der Waals surface area contributed by atoms with Crippen molar-refractivity contribution in [2.45, 2.75) is 52.8 Å². The molecule has 40 heavy (non-hydrogen) atoms. The Morgan fingerprint density at radius 3 is 1.40 bits per heavy atom. The maximum Gasteiger partial charge on any atom is 0.367 e. The Hall–Kier alpha value is -3.86. The van der Waals surface area contributed by atoms with Crippen LogP contribution in [0.2, 0.25) is 0 Å². The molecule has 0 radical (unpaired) electrons. The molecule has 2 aliphatic carbocycles. The molecule has 0 amide bonds. The molecule has 2 aliphatic rings. The Kier molecular flexibility index (Phi) is 7.57. The summed E-state index contributed by atoms with van der Waals surface area (Å²) in [6.07, 6.45) is -4.35. The molecule has 0 N–H and O–H groups in total. The maximum absolute atomic E-state index is 16.1. The quantitative estimate of drug-likeness (QED) is 0.171. The second-order valence-corrected chi connectivity index (χ2v) is 8.17. The van der Waals surface area contributed by atoms with Crippen LogP contribution in [0, 0.1) is 0 Å². The summed E-state index contributed by atoms with van der Waals surface area (Å²) >= 11 is 0. The Bertz CT molecular complexity index is 1190. The van der Waals surface area contributed by atoms with Crippen LogP contribution >= 0.6 is 0 Å². The van der Waals surface area contributed by atoms with Crippen LogP contribution in [-0.2, 0) is 38.1 Å². The third kappa shape index (κ3) is 3.39. The monoisotopic (exact) mass is 598 g/mol. The van der Waals surface area contributed by atoms with Gasteiger partial charge in [0.1, 0.15) is 6.67 Å². The van der Waals surface area contributed by atoms with Gasteiger partial charge in [-0.15, -0.1) is 0 Å². The predicted octanol–water partition coefficient (Wildman–Crippen LogP) is 3.71. The fourth-order valence-corrected chi connectivity index (χ4v) is 4.40. The number of esters is 4. The first-order valence-corrected chi connectivity index (χ1v) is 10.3. The van der Waals surface area contributed by atoms with Crippen molar-refractivity contribution in [2.24, 2.45) is 0 Å². The molecule has 4 atom stereocenters. The van der Waals surface area contributed by atoms with E-state index in [0.29, 0.717) is 0 Å². The summed E-state index contributed by atoms with van der Waals surface area (Å²) in [6, 6.07) is 0. The average molecular weight is 598 g/mol. The number of hydrogen-bond donors (Lipinski definition) is 0. The fourth-order valence-electron chi connectivity index (χ4n) is 4.40. The van der Waals surface area contributed by atoms with E-state index in [4.69, 9.17) is 0 Å². The molecule has 0 aromatic rings. The summed E-state index contributed by atoms with van der Waals surface area (Å²) in [5.74, 6) is -43.2. The topological polar surface area (TPSA) is 105 Å². The first-order valence-electron chi connectivity index (χ1n) is 10.3. The highest BCUT2D eigenvalue weighted by Gasteiger charge is 3.09. The van der Waals surface area contributed by atoms with Crippen LogP contribution in [0.25, 0.3) is 0 Å². The van der Waals surface area contributed by atoms with Crippen LogP contribution in [0.3, 0.4) is 0 Å². The van der Waals surface area contributed by atoms with E-state index >= 15 is 39.5 Å². The smallest absolute Gasteiger partial charge is 0.367 e. The van der Waals surface area contributed by atoms with Crippen molar-refractivity contribution >= 4 is 23.9 Å². The molecule has 222 valence electrons. The Balaban J connectivity index is 3.38. The number of rotatable bonds is 9. The summed E-state index contributed by atoms with van der Waals surface area (Å²) in [5, 5.41) is 0. The number of hydrogen-bond acceptors (Lipinski definition) is 8. The molecule has 2 rings (SSSR count). The van der Waals surface area contributed by atoms with Gasteiger partial charge in [-0.05, 0) is 0 Å². The molecule has 0 aromatic heterocycles. The molecule has 18 heteroatoms. The van der Waals surface area contributed by atoms with Crippen molar-refractivity contribution < 1.29 is 82.0 Å². The van der Waals surface area contributed by atoms with Gasteiger partial charge in [-0.1, -0.05) is 26.3 Å². The number of fused-ring (bicyclic) bond motifs is 2. The number of alkyl halides is 10. The first-order chi connectivity index (χ1) is 18.1. The van der Waals surface area contributed by atoms with E-state index in [-0.39, 0.29) is 24.3 Å². The molecular formula is C22H16F10O8. The van der Waals surface area contributed by atoms with Crippen LogP contribution < -0.4 is 0 Å². The minimum absolute atomic E-state index is 0.140. The van der Waals surface area contributed by atoms with Gasteiger partial charge in [-0.25, -0.2) is 23.6 Å². The van der Waals surface area contributed by atoms with Gasteiger partial charge in [-0.2, -0.15) is 39.5 Å². The van der Waals surface area contributed by atoms with Gasteiger partial charge in [0, 0.05) is 24.3 Å². The third-order valence-electron chi connectivity index (χ3n) is 6.22. The number of halogens is 10. The Morgan fingerprint density at radius 2 is 0.975 bits per heavy atom. The first kappa shape index (κ1) is 32.4. The summed E-state index contributed by atoms with van der Waals surface area (Å²) in [5.41, 5.74) is -18.4. The van der Waals surface area contributed by atoms with E-state index in [1.165, 1.54) is 0 Å². The highest BCUT2D eigenvalue weighted by atomic mass is 19.3. The molecule has 0 aliphatic heterocycles. The molecule has 2 saturated carbocycles. The van der Waals surface area contributed by atoms with Crippen LogP contribution in [0.5, 0.6) is 0 Å². The average Bonchev–Trinajstić information content (AvgIpc) is 2.86. The largest absolute Gasteiger partial charge is 0.442 e. The minimum Gasteiger partial charge on any atom is -0.442 e. The normalized spacial score (nSPS) is 34.2. The van der Waals surface area contributed by atoms with Crippen molar-refractivity contribution in [3.05, 3.63) is 50.6 Å². The summed E-state index contributed by atoms with van der Waals surface area (Å²) < 4.78 is 173. The lowest BCUT2D eigenvalue weighted by Gasteiger charge is -2.67. The van der Waals surface area contributed by atoms with Gasteiger partial charge >= 0.3 is 59.0 Å². The summed E-state index contributed by atoms with van der Waals surface area (Å²) in [7, 11) is 0. The second-order valence-electron chi connectivity index (χ2n) is 8.17. The molecule has 2 fully saturated rings. The van der Waals surface area contributed by atoms with E-state index in [1.807, 2.05) is 0 Å². The van der Waals surface area contributed by atoms with Crippen molar-refractivity contribution in [3.8, 4) is 0 Å². The number of carbonyl (C=O) groups is 4. The van der Waals surface area contributed by atoms with Gasteiger partial charge < -0.3 is 18.9 Å². The zero-order valence-corrected chi connectivity index (χ0v) is 19.6. The fraction of sp³-hybridized carbons (Fsp3) is 0.455. The molecule has 0 heterocycles. The van der Waals surface area contributed by atoms with Crippen molar-refractivity contribution in [3.63, 3.8) is 0 Å². The van der Waals surface area contributed by atoms with Gasteiger partial charge in [0.15, 0.2) is 0 Å². The van der Waals surface area contributed by atoms with Gasteiger partial charge in [-0.3, -0.25) is 0 Å². The SMILES string of the molecule is C=CC(=O)OC1(F)CC2(OC(=O)C=C)C(F)(F)C(CF)(OC(=O)C=C)C(F)(F)C(OC(=O)C=C)(C1(F)F)C2(F)F. The molecule has 4 unspecified atom stereocenters. The second kappa shape index (κ2) is 9.36. The minimum atomic E-state index is -7.08. The molecule has 8 nitrogen and oxygen atoms in total. The lowest BCUT2D eigenvalue weighted by Crippen LogP contribution is -2.99. The van der Waals surface area contributed by atoms with Crippen molar-refractivity contribution in [1.82, 2.24) is 0 Å². The highest BCUT2D eigenvalue weighted by Crippen LogP contribution is 2.77. The Labute approximate surface area is 216 Å². The molecule has 0 saturated heterocycles. The molecular weight excluding hydrogens is 582 g/mol. The summed E-state index contributed by atoms with van der Waals surface area (Å²) in [4.78, 5) is 47.3. The highest BCUT2D eigenvalue weighted by molar-refractivity contribution is 5.84. The van der Waals surface area contributed by atoms with Gasteiger partial charge in [0.05, 0.1) is 6.42 Å². The van der Waals surface area contributed by atoms with Crippen LogP contribution in [0.1, 0.15) is 6.42 Å². The maximum atomic E-state index is 16.1. The lowest BCUT2D eigenvalue weighted by atomic mass is 9.51. The zero-order chi connectivity index (χ0) is 31.4. The Morgan fingerprint density at radius 1 is 0.575 bits per heavy atom. The van der Waals surface area contributed by atoms with E-state index in [2.05, 4.69) is 45.3 Å². The predicted molar refractivity (Wildman–Crippen MR) is 108 cm³/mol. The third-order valence-corrected chi connectivity index (χ3v) is 6.22. The van der Waals surface area contributed by atoms with E-state index in [9.17, 15) is 23.6 Å². The van der Waals surface area contributed by atoms with E-state index in [0.717, 1.165) is 0 Å². The van der Waals surface area contributed by atoms with Crippen LogP contribution in [-0.4, -0.2) is 76.9 Å². The number of ether oxygens (including phenoxy) is 4. The number of carbonyl (C=O) groups excluding carboxylic acids is 4. The van der Waals surface area contributed by atoms with Gasteiger partial charge in [0.2, 0.25) is 0 Å². The van der Waals surface area contributed by atoms with Crippen LogP contribution in [0.15, 0.2) is 50.6 Å². The summed E-state index contributed by atoms with van der Waals surface area (Å²) in [6.45, 7) is 6.98. The van der Waals surface area contributed by atoms with Gasteiger partial charge in [0.25, 0.3) is 11.2 Å². The zero-order valence-electron chi connectivity index (χ0n) is 19.6.